The van der Waals surface area contributed by atoms with Crippen LogP contribution in [0.3, 0.4) is 0 Å². The molecule has 1 aromatic carbocycles. The van der Waals surface area contributed by atoms with Gasteiger partial charge in [0.25, 0.3) is 0 Å². The molecule has 1 aliphatic rings. The normalized spacial score (nSPS) is 15.2. The fourth-order valence-corrected chi connectivity index (χ4v) is 3.11. The first-order valence-corrected chi connectivity index (χ1v) is 8.60. The second-order valence-corrected chi connectivity index (χ2v) is 6.74. The fraction of sp³-hybridized carbons (Fsp3) is 0.278. The third-order valence-electron chi connectivity index (χ3n) is 4.32. The Morgan fingerprint density at radius 2 is 2.08 bits per heavy atom. The van der Waals surface area contributed by atoms with Gasteiger partial charge in [0.15, 0.2) is 5.65 Å². The van der Waals surface area contributed by atoms with Gasteiger partial charge >= 0.3 is 5.97 Å². The standard InChI is InChI=1S/C18H17ClN4O2/c19-15(11-4-2-1-3-5-11)10-23-17-13(9-21-23)16(22-12-6-7-12)14(8-20-17)18(24)25/h1-5,8-9,12,15H,6-7,10H2,(H,20,22)(H,24,25). The molecule has 25 heavy (non-hydrogen) atoms. The maximum atomic E-state index is 11.5. The maximum absolute atomic E-state index is 11.5. The minimum Gasteiger partial charge on any atom is -0.478 e. The molecule has 0 radical (unpaired) electrons. The maximum Gasteiger partial charge on any atom is 0.339 e. The van der Waals surface area contributed by atoms with Crippen LogP contribution in [-0.4, -0.2) is 31.9 Å². The van der Waals surface area contributed by atoms with Crippen molar-refractivity contribution in [2.24, 2.45) is 0 Å². The first-order chi connectivity index (χ1) is 12.1. The lowest BCUT2D eigenvalue weighted by Gasteiger charge is -2.12. The number of halogens is 1. The third-order valence-corrected chi connectivity index (χ3v) is 4.71. The summed E-state index contributed by atoms with van der Waals surface area (Å²) in [5, 5.41) is 17.6. The summed E-state index contributed by atoms with van der Waals surface area (Å²) >= 11 is 6.52. The minimum absolute atomic E-state index is 0.171. The number of nitrogens with zero attached hydrogens (tertiary/aromatic N) is 3. The number of alkyl halides is 1. The van der Waals surface area contributed by atoms with E-state index in [2.05, 4.69) is 15.4 Å². The number of anilines is 1. The topological polar surface area (TPSA) is 80.0 Å². The molecule has 4 rings (SSSR count). The minimum atomic E-state index is -0.996. The van der Waals surface area contributed by atoms with Crippen molar-refractivity contribution in [2.45, 2.75) is 30.8 Å². The molecule has 128 valence electrons. The van der Waals surface area contributed by atoms with Crippen LogP contribution in [-0.2, 0) is 6.54 Å². The summed E-state index contributed by atoms with van der Waals surface area (Å²) in [4.78, 5) is 15.8. The number of aromatic carboxylic acids is 1. The highest BCUT2D eigenvalue weighted by Crippen LogP contribution is 2.32. The molecule has 2 heterocycles. The zero-order chi connectivity index (χ0) is 17.4. The lowest BCUT2D eigenvalue weighted by Crippen LogP contribution is -2.10. The van der Waals surface area contributed by atoms with Crippen molar-refractivity contribution in [1.82, 2.24) is 14.8 Å². The molecular formula is C18H17ClN4O2. The van der Waals surface area contributed by atoms with Crippen LogP contribution in [0.2, 0.25) is 0 Å². The third kappa shape index (κ3) is 3.17. The Morgan fingerprint density at radius 3 is 2.76 bits per heavy atom. The summed E-state index contributed by atoms with van der Waals surface area (Å²) < 4.78 is 1.73. The van der Waals surface area contributed by atoms with Crippen LogP contribution in [0, 0.1) is 0 Å². The lowest BCUT2D eigenvalue weighted by molar-refractivity contribution is 0.0697. The van der Waals surface area contributed by atoms with Gasteiger partial charge in [-0.3, -0.25) is 0 Å². The van der Waals surface area contributed by atoms with E-state index >= 15 is 0 Å². The Balaban J connectivity index is 1.70. The van der Waals surface area contributed by atoms with Crippen LogP contribution in [0.25, 0.3) is 11.0 Å². The molecule has 6 nitrogen and oxygen atoms in total. The number of carbonyl (C=O) groups is 1. The average molecular weight is 357 g/mol. The number of hydrogen-bond donors (Lipinski definition) is 2. The molecular weight excluding hydrogens is 340 g/mol. The van der Waals surface area contributed by atoms with Gasteiger partial charge < -0.3 is 10.4 Å². The van der Waals surface area contributed by atoms with Crippen molar-refractivity contribution >= 4 is 34.3 Å². The molecule has 7 heteroatoms. The average Bonchev–Trinajstić information content (AvgIpc) is 3.35. The van der Waals surface area contributed by atoms with Crippen molar-refractivity contribution in [3.8, 4) is 0 Å². The van der Waals surface area contributed by atoms with Gasteiger partial charge in [0.2, 0.25) is 0 Å². The van der Waals surface area contributed by atoms with Crippen LogP contribution in [0.4, 0.5) is 5.69 Å². The summed E-state index contributed by atoms with van der Waals surface area (Å²) in [5.41, 5.74) is 2.41. The van der Waals surface area contributed by atoms with E-state index in [0.29, 0.717) is 29.3 Å². The Morgan fingerprint density at radius 1 is 1.32 bits per heavy atom. The number of rotatable bonds is 6. The van der Waals surface area contributed by atoms with Crippen LogP contribution in [0.1, 0.15) is 34.1 Å². The molecule has 1 aliphatic carbocycles. The molecule has 0 spiro atoms. The van der Waals surface area contributed by atoms with Gasteiger partial charge in [0.05, 0.1) is 29.2 Å². The SMILES string of the molecule is O=C(O)c1cnc2c(cnn2CC(Cl)c2ccccc2)c1NC1CC1. The molecule has 1 fully saturated rings. The van der Waals surface area contributed by atoms with Crippen LogP contribution in [0.15, 0.2) is 42.7 Å². The summed E-state index contributed by atoms with van der Waals surface area (Å²) in [6, 6.07) is 10.1. The highest BCUT2D eigenvalue weighted by atomic mass is 35.5. The van der Waals surface area contributed by atoms with Crippen molar-refractivity contribution in [3.63, 3.8) is 0 Å². The van der Waals surface area contributed by atoms with Gasteiger partial charge in [-0.25, -0.2) is 14.5 Å². The molecule has 1 atom stereocenters. The fourth-order valence-electron chi connectivity index (χ4n) is 2.83. The van der Waals surface area contributed by atoms with Gasteiger partial charge in [0.1, 0.15) is 5.56 Å². The van der Waals surface area contributed by atoms with Gasteiger partial charge in [-0.15, -0.1) is 11.6 Å². The highest BCUT2D eigenvalue weighted by molar-refractivity contribution is 6.20. The number of aromatic nitrogens is 3. The number of nitrogens with one attached hydrogen (secondary N) is 1. The number of pyridine rings is 1. The second kappa shape index (κ2) is 6.37. The number of carboxylic acid groups (broad SMARTS) is 1. The predicted molar refractivity (Wildman–Crippen MR) is 96.2 cm³/mol. The summed E-state index contributed by atoms with van der Waals surface area (Å²) in [5.74, 6) is -0.996. The summed E-state index contributed by atoms with van der Waals surface area (Å²) in [7, 11) is 0. The van der Waals surface area contributed by atoms with E-state index in [1.165, 1.54) is 6.20 Å². The van der Waals surface area contributed by atoms with Gasteiger partial charge in [-0.2, -0.15) is 5.10 Å². The molecule has 0 bridgehead atoms. The van der Waals surface area contributed by atoms with E-state index in [9.17, 15) is 9.90 Å². The predicted octanol–water partition coefficient (Wildman–Crippen LogP) is 3.68. The van der Waals surface area contributed by atoms with Crippen molar-refractivity contribution in [1.29, 1.82) is 0 Å². The van der Waals surface area contributed by atoms with Gasteiger partial charge in [0, 0.05) is 12.2 Å². The van der Waals surface area contributed by atoms with Crippen molar-refractivity contribution in [3.05, 3.63) is 53.9 Å². The van der Waals surface area contributed by atoms with E-state index in [-0.39, 0.29) is 10.9 Å². The number of benzene rings is 1. The molecule has 3 aromatic rings. The van der Waals surface area contributed by atoms with Crippen LogP contribution in [0.5, 0.6) is 0 Å². The first kappa shape index (κ1) is 15.9. The lowest BCUT2D eigenvalue weighted by atomic mass is 10.1. The molecule has 1 unspecified atom stereocenters. The summed E-state index contributed by atoms with van der Waals surface area (Å²) in [6.07, 6.45) is 5.15. The Kier molecular flexibility index (Phi) is 4.05. The number of fused-ring (bicyclic) bond motifs is 1. The molecule has 0 saturated heterocycles. The number of hydrogen-bond acceptors (Lipinski definition) is 4. The Hall–Kier alpha value is -2.60. The van der Waals surface area contributed by atoms with E-state index in [4.69, 9.17) is 11.6 Å². The molecule has 0 amide bonds. The monoisotopic (exact) mass is 356 g/mol. The zero-order valence-corrected chi connectivity index (χ0v) is 14.1. The second-order valence-electron chi connectivity index (χ2n) is 6.21. The zero-order valence-electron chi connectivity index (χ0n) is 13.4. The van der Waals surface area contributed by atoms with Crippen LogP contribution >= 0.6 is 11.6 Å². The van der Waals surface area contributed by atoms with E-state index in [0.717, 1.165) is 18.4 Å². The highest BCUT2D eigenvalue weighted by Gasteiger charge is 2.26. The molecule has 2 aromatic heterocycles. The van der Waals surface area contributed by atoms with E-state index < -0.39 is 5.97 Å². The van der Waals surface area contributed by atoms with E-state index in [1.54, 1.807) is 10.9 Å². The Labute approximate surface area is 149 Å². The largest absolute Gasteiger partial charge is 0.478 e. The molecule has 0 aliphatic heterocycles. The van der Waals surface area contributed by atoms with E-state index in [1.807, 2.05) is 30.3 Å². The first-order valence-electron chi connectivity index (χ1n) is 8.17. The van der Waals surface area contributed by atoms with Crippen molar-refractivity contribution < 1.29 is 9.90 Å². The quantitative estimate of drug-likeness (QED) is 0.658. The molecule has 1 saturated carbocycles. The Bertz CT molecular complexity index is 921. The van der Waals surface area contributed by atoms with Gasteiger partial charge in [-0.05, 0) is 18.4 Å². The smallest absolute Gasteiger partial charge is 0.339 e. The molecule has 2 N–H and O–H groups in total. The van der Waals surface area contributed by atoms with Crippen LogP contribution < -0.4 is 5.32 Å². The number of carboxylic acids is 1. The summed E-state index contributed by atoms with van der Waals surface area (Å²) in [6.45, 7) is 0.456. The van der Waals surface area contributed by atoms with Crippen molar-refractivity contribution in [2.75, 3.05) is 5.32 Å². The van der Waals surface area contributed by atoms with Gasteiger partial charge in [-0.1, -0.05) is 30.3 Å².